The first-order chi connectivity index (χ1) is 9.56. The summed E-state index contributed by atoms with van der Waals surface area (Å²) in [6.07, 6.45) is 3.90. The molecule has 1 N–H and O–H groups in total. The summed E-state index contributed by atoms with van der Waals surface area (Å²) >= 11 is 0. The highest BCUT2D eigenvalue weighted by Gasteiger charge is 2.38. The lowest BCUT2D eigenvalue weighted by molar-refractivity contribution is 0.0811. The zero-order valence-electron chi connectivity index (χ0n) is 15.0. The van der Waals surface area contributed by atoms with E-state index in [2.05, 4.69) is 72.0 Å². The van der Waals surface area contributed by atoms with Crippen molar-refractivity contribution in [2.24, 2.45) is 10.8 Å². The second-order valence-electron chi connectivity index (χ2n) is 8.92. The Kier molecular flexibility index (Phi) is 4.54. The maximum atomic E-state index is 3.90. The van der Waals surface area contributed by atoms with Gasteiger partial charge in [0.15, 0.2) is 0 Å². The molecule has 0 heterocycles. The summed E-state index contributed by atoms with van der Waals surface area (Å²) < 4.78 is 0. The average molecular weight is 287 g/mol. The molecule has 1 aromatic carbocycles. The molecule has 0 aromatic heterocycles. The Bertz CT molecular complexity index is 462. The van der Waals surface area contributed by atoms with Gasteiger partial charge < -0.3 is 5.32 Å². The van der Waals surface area contributed by atoms with Crippen molar-refractivity contribution in [3.8, 4) is 0 Å². The molecule has 1 aliphatic rings. The van der Waals surface area contributed by atoms with Crippen molar-refractivity contribution >= 4 is 0 Å². The van der Waals surface area contributed by atoms with Crippen LogP contribution in [0, 0.1) is 24.7 Å². The van der Waals surface area contributed by atoms with Gasteiger partial charge in [-0.3, -0.25) is 0 Å². The second kappa shape index (κ2) is 5.76. The first-order valence-corrected chi connectivity index (χ1v) is 8.41. The van der Waals surface area contributed by atoms with Gasteiger partial charge in [-0.2, -0.15) is 0 Å². The highest BCUT2D eigenvalue weighted by Crippen LogP contribution is 2.46. The smallest absolute Gasteiger partial charge is 0.0294 e. The van der Waals surface area contributed by atoms with Crippen molar-refractivity contribution in [1.82, 2.24) is 5.32 Å². The molecule has 1 atom stereocenters. The van der Waals surface area contributed by atoms with Crippen LogP contribution in [0.5, 0.6) is 0 Å². The van der Waals surface area contributed by atoms with Gasteiger partial charge in [0.2, 0.25) is 0 Å². The molecule has 1 unspecified atom stereocenters. The minimum atomic E-state index is 0.429. The summed E-state index contributed by atoms with van der Waals surface area (Å²) in [5.74, 6) is 0. The Morgan fingerprint density at radius 2 is 1.43 bits per heavy atom. The molecular formula is C20H33N. The molecule has 1 aromatic rings. The molecule has 1 heteroatoms. The van der Waals surface area contributed by atoms with E-state index in [-0.39, 0.29) is 0 Å². The minimum absolute atomic E-state index is 0.429. The van der Waals surface area contributed by atoms with Crippen molar-refractivity contribution in [1.29, 1.82) is 0 Å². The highest BCUT2D eigenvalue weighted by molar-refractivity contribution is 5.30. The topological polar surface area (TPSA) is 12.0 Å². The molecule has 0 aliphatic heterocycles. The monoisotopic (exact) mass is 287 g/mol. The molecule has 0 bridgehead atoms. The van der Waals surface area contributed by atoms with Gasteiger partial charge in [-0.25, -0.2) is 0 Å². The predicted molar refractivity (Wildman–Crippen MR) is 92.7 cm³/mol. The third kappa shape index (κ3) is 4.57. The Labute approximate surface area is 131 Å². The van der Waals surface area contributed by atoms with Crippen LogP contribution in [-0.4, -0.2) is 6.04 Å². The van der Waals surface area contributed by atoms with Gasteiger partial charge in [-0.1, -0.05) is 57.0 Å². The zero-order chi connectivity index (χ0) is 15.8. The van der Waals surface area contributed by atoms with E-state index in [0.29, 0.717) is 22.9 Å². The quantitative estimate of drug-likeness (QED) is 0.767. The van der Waals surface area contributed by atoms with Crippen LogP contribution in [0.3, 0.4) is 0 Å². The van der Waals surface area contributed by atoms with Crippen LogP contribution in [0.4, 0.5) is 0 Å². The van der Waals surface area contributed by atoms with Gasteiger partial charge >= 0.3 is 0 Å². The van der Waals surface area contributed by atoms with E-state index >= 15 is 0 Å². The van der Waals surface area contributed by atoms with Crippen LogP contribution < -0.4 is 5.32 Å². The molecule has 0 radical (unpaired) electrons. The molecule has 1 saturated carbocycles. The SMILES string of the molecule is Cc1cc(C)cc(C(C)NC2CC(C)(C)CC(C)(C)C2)c1. The molecule has 2 rings (SSSR count). The summed E-state index contributed by atoms with van der Waals surface area (Å²) in [6, 6.07) is 7.95. The van der Waals surface area contributed by atoms with Gasteiger partial charge in [-0.15, -0.1) is 0 Å². The maximum absolute atomic E-state index is 3.90. The van der Waals surface area contributed by atoms with E-state index in [4.69, 9.17) is 0 Å². The Morgan fingerprint density at radius 3 is 1.90 bits per heavy atom. The molecule has 0 spiro atoms. The summed E-state index contributed by atoms with van der Waals surface area (Å²) in [5.41, 5.74) is 5.04. The van der Waals surface area contributed by atoms with Gasteiger partial charge in [-0.05, 0) is 56.4 Å². The lowest BCUT2D eigenvalue weighted by Crippen LogP contribution is -2.44. The molecule has 21 heavy (non-hydrogen) atoms. The van der Waals surface area contributed by atoms with Crippen LogP contribution in [0.25, 0.3) is 0 Å². The number of aryl methyl sites for hydroxylation is 2. The standard InChI is InChI=1S/C20H33N/c1-14-8-15(2)10-17(9-14)16(3)21-18-11-19(4,5)13-20(6,7)12-18/h8-10,16,18,21H,11-13H2,1-7H3. The molecular weight excluding hydrogens is 254 g/mol. The molecule has 0 amide bonds. The number of hydrogen-bond donors (Lipinski definition) is 1. The first-order valence-electron chi connectivity index (χ1n) is 8.41. The van der Waals surface area contributed by atoms with E-state index in [1.807, 2.05) is 0 Å². The largest absolute Gasteiger partial charge is 0.307 e. The summed E-state index contributed by atoms with van der Waals surface area (Å²) in [7, 11) is 0. The zero-order valence-corrected chi connectivity index (χ0v) is 15.0. The van der Waals surface area contributed by atoms with E-state index in [9.17, 15) is 0 Å². The second-order valence-corrected chi connectivity index (χ2v) is 8.92. The van der Waals surface area contributed by atoms with Crippen molar-refractivity contribution in [2.75, 3.05) is 0 Å². The van der Waals surface area contributed by atoms with Crippen LogP contribution >= 0.6 is 0 Å². The van der Waals surface area contributed by atoms with E-state index in [1.54, 1.807) is 0 Å². The predicted octanol–water partition coefficient (Wildman–Crippen LogP) is 5.56. The fraction of sp³-hybridized carbons (Fsp3) is 0.700. The summed E-state index contributed by atoms with van der Waals surface area (Å²) in [6.45, 7) is 16.4. The highest BCUT2D eigenvalue weighted by atomic mass is 15.0. The average Bonchev–Trinajstić information content (AvgIpc) is 2.22. The van der Waals surface area contributed by atoms with Gasteiger partial charge in [0, 0.05) is 12.1 Å². The van der Waals surface area contributed by atoms with Gasteiger partial charge in [0.1, 0.15) is 0 Å². The van der Waals surface area contributed by atoms with E-state index < -0.39 is 0 Å². The first kappa shape index (κ1) is 16.5. The van der Waals surface area contributed by atoms with Gasteiger partial charge in [0.25, 0.3) is 0 Å². The molecule has 0 saturated heterocycles. The molecule has 1 aliphatic carbocycles. The lowest BCUT2D eigenvalue weighted by atomic mass is 9.63. The van der Waals surface area contributed by atoms with Crippen LogP contribution in [-0.2, 0) is 0 Å². The third-order valence-electron chi connectivity index (χ3n) is 4.78. The third-order valence-corrected chi connectivity index (χ3v) is 4.78. The van der Waals surface area contributed by atoms with Crippen LogP contribution in [0.1, 0.15) is 76.6 Å². The fourth-order valence-corrected chi connectivity index (χ4v) is 4.67. The Hall–Kier alpha value is -0.820. The fourth-order valence-electron chi connectivity index (χ4n) is 4.67. The normalized spacial score (nSPS) is 23.0. The molecule has 1 nitrogen and oxygen atoms in total. The van der Waals surface area contributed by atoms with Crippen molar-refractivity contribution < 1.29 is 0 Å². The number of rotatable bonds is 3. The number of benzene rings is 1. The van der Waals surface area contributed by atoms with Crippen LogP contribution in [0.15, 0.2) is 18.2 Å². The van der Waals surface area contributed by atoms with Crippen molar-refractivity contribution in [3.63, 3.8) is 0 Å². The van der Waals surface area contributed by atoms with E-state index in [1.165, 1.54) is 36.0 Å². The molecule has 1 fully saturated rings. The van der Waals surface area contributed by atoms with Crippen LogP contribution in [0.2, 0.25) is 0 Å². The lowest BCUT2D eigenvalue weighted by Gasteiger charge is -2.46. The number of hydrogen-bond acceptors (Lipinski definition) is 1. The van der Waals surface area contributed by atoms with E-state index in [0.717, 1.165) is 0 Å². The Morgan fingerprint density at radius 1 is 0.952 bits per heavy atom. The summed E-state index contributed by atoms with van der Waals surface area (Å²) in [4.78, 5) is 0. The van der Waals surface area contributed by atoms with Gasteiger partial charge in [0.05, 0.1) is 0 Å². The van der Waals surface area contributed by atoms with Crippen molar-refractivity contribution in [3.05, 3.63) is 34.9 Å². The minimum Gasteiger partial charge on any atom is -0.307 e. The maximum Gasteiger partial charge on any atom is 0.0294 e. The molecule has 118 valence electrons. The number of nitrogens with one attached hydrogen (secondary N) is 1. The summed E-state index contributed by atoms with van der Waals surface area (Å²) in [5, 5.41) is 3.90. The Balaban J connectivity index is 2.10. The van der Waals surface area contributed by atoms with Crippen molar-refractivity contribution in [2.45, 2.75) is 79.8 Å².